The molecule has 0 aliphatic rings. The van der Waals surface area contributed by atoms with E-state index in [1.54, 1.807) is 12.1 Å². The molecule has 0 heterocycles. The molecule has 6 heteroatoms. The molecule has 0 aliphatic heterocycles. The van der Waals surface area contributed by atoms with Gasteiger partial charge in [0.2, 0.25) is 10.0 Å². The zero-order valence-corrected chi connectivity index (χ0v) is 10.3. The van der Waals surface area contributed by atoms with Crippen molar-refractivity contribution in [2.24, 2.45) is 5.73 Å². The molecule has 0 radical (unpaired) electrons. The lowest BCUT2D eigenvalue weighted by Gasteiger charge is -2.07. The largest absolute Gasteiger partial charge is 0.326 e. The van der Waals surface area contributed by atoms with E-state index in [1.807, 2.05) is 13.0 Å². The predicted octanol–water partition coefficient (Wildman–Crippen LogP) is 1.25. The summed E-state index contributed by atoms with van der Waals surface area (Å²) in [6, 6.07) is 5.29. The molecule has 0 fully saturated rings. The van der Waals surface area contributed by atoms with Crippen LogP contribution in [0.4, 0.5) is 5.69 Å². The first-order valence-corrected chi connectivity index (χ1v) is 6.09. The summed E-state index contributed by atoms with van der Waals surface area (Å²) in [6.45, 7) is 2.36. The molecule has 0 unspecified atom stereocenters. The van der Waals surface area contributed by atoms with E-state index in [-0.39, 0.29) is 12.4 Å². The van der Waals surface area contributed by atoms with Gasteiger partial charge in [0.05, 0.1) is 6.26 Å². The van der Waals surface area contributed by atoms with Gasteiger partial charge in [-0.25, -0.2) is 8.42 Å². The number of sulfonamides is 1. The van der Waals surface area contributed by atoms with Crippen LogP contribution in [0.2, 0.25) is 0 Å². The zero-order valence-electron chi connectivity index (χ0n) is 8.65. The van der Waals surface area contributed by atoms with Gasteiger partial charge in [-0.3, -0.25) is 4.72 Å². The molecule has 0 saturated heterocycles. The first-order chi connectivity index (χ1) is 6.42. The van der Waals surface area contributed by atoms with E-state index in [0.29, 0.717) is 12.2 Å². The lowest BCUT2D eigenvalue weighted by Crippen LogP contribution is -2.10. The monoisotopic (exact) mass is 250 g/mol. The number of aryl methyl sites for hydroxylation is 1. The quantitative estimate of drug-likeness (QED) is 0.848. The number of nitrogens with two attached hydrogens (primary N) is 1. The third-order valence-electron chi connectivity index (χ3n) is 1.87. The summed E-state index contributed by atoms with van der Waals surface area (Å²) in [7, 11) is -3.19. The van der Waals surface area contributed by atoms with Crippen LogP contribution < -0.4 is 10.5 Å². The molecular weight excluding hydrogens is 236 g/mol. The Morgan fingerprint density at radius 1 is 1.40 bits per heavy atom. The molecule has 86 valence electrons. The van der Waals surface area contributed by atoms with Crippen LogP contribution in [0.1, 0.15) is 11.1 Å². The van der Waals surface area contributed by atoms with Gasteiger partial charge in [-0.1, -0.05) is 6.07 Å². The van der Waals surface area contributed by atoms with E-state index in [2.05, 4.69) is 4.72 Å². The fourth-order valence-electron chi connectivity index (χ4n) is 1.20. The van der Waals surface area contributed by atoms with Gasteiger partial charge in [0.1, 0.15) is 0 Å². The van der Waals surface area contributed by atoms with Crippen LogP contribution in [-0.2, 0) is 16.6 Å². The summed E-state index contributed by atoms with van der Waals surface area (Å²) in [5.74, 6) is 0. The van der Waals surface area contributed by atoms with Crippen LogP contribution in [-0.4, -0.2) is 14.7 Å². The first kappa shape index (κ1) is 14.2. The van der Waals surface area contributed by atoms with Crippen molar-refractivity contribution >= 4 is 28.1 Å². The summed E-state index contributed by atoms with van der Waals surface area (Å²) in [5, 5.41) is 0. The minimum Gasteiger partial charge on any atom is -0.326 e. The minimum atomic E-state index is -3.19. The highest BCUT2D eigenvalue weighted by Crippen LogP contribution is 2.15. The molecule has 3 N–H and O–H groups in total. The van der Waals surface area contributed by atoms with Gasteiger partial charge in [0.25, 0.3) is 0 Å². The van der Waals surface area contributed by atoms with Crippen molar-refractivity contribution in [2.45, 2.75) is 13.5 Å². The number of nitrogens with one attached hydrogen (secondary N) is 1. The van der Waals surface area contributed by atoms with Crippen molar-refractivity contribution in [1.29, 1.82) is 0 Å². The van der Waals surface area contributed by atoms with Crippen molar-refractivity contribution in [2.75, 3.05) is 11.0 Å². The van der Waals surface area contributed by atoms with Crippen LogP contribution in [0.5, 0.6) is 0 Å². The second-order valence-corrected chi connectivity index (χ2v) is 4.97. The third kappa shape index (κ3) is 4.51. The topological polar surface area (TPSA) is 72.2 Å². The molecular formula is C9H15ClN2O2S. The Hall–Kier alpha value is -0.780. The van der Waals surface area contributed by atoms with Gasteiger partial charge >= 0.3 is 0 Å². The number of hydrogen-bond acceptors (Lipinski definition) is 3. The molecule has 0 aliphatic carbocycles. The fourth-order valence-corrected chi connectivity index (χ4v) is 1.76. The lowest BCUT2D eigenvalue weighted by molar-refractivity contribution is 0.607. The summed E-state index contributed by atoms with van der Waals surface area (Å²) < 4.78 is 24.3. The van der Waals surface area contributed by atoms with Gasteiger partial charge in [-0.15, -0.1) is 12.4 Å². The van der Waals surface area contributed by atoms with Gasteiger partial charge in [0, 0.05) is 12.2 Å². The predicted molar refractivity (Wildman–Crippen MR) is 64.8 cm³/mol. The van der Waals surface area contributed by atoms with Crippen LogP contribution in [0.3, 0.4) is 0 Å². The molecule has 1 rings (SSSR count). The van der Waals surface area contributed by atoms with E-state index in [1.165, 1.54) is 0 Å². The number of benzene rings is 1. The third-order valence-corrected chi connectivity index (χ3v) is 2.47. The molecule has 4 nitrogen and oxygen atoms in total. The standard InChI is InChI=1S/C9H14N2O2S.ClH/c1-7-5-9(11-14(2,12)13)4-3-8(7)6-10;/h3-5,11H,6,10H2,1-2H3;1H. The zero-order chi connectivity index (χ0) is 10.8. The molecule has 15 heavy (non-hydrogen) atoms. The average molecular weight is 251 g/mol. The van der Waals surface area contributed by atoms with Crippen molar-refractivity contribution in [1.82, 2.24) is 0 Å². The van der Waals surface area contributed by atoms with Crippen molar-refractivity contribution in [3.63, 3.8) is 0 Å². The Balaban J connectivity index is 0.00000196. The van der Waals surface area contributed by atoms with E-state index in [4.69, 9.17) is 5.73 Å². The Labute approximate surface area is 96.3 Å². The van der Waals surface area contributed by atoms with Gasteiger partial charge in [-0.05, 0) is 30.2 Å². The summed E-state index contributed by atoms with van der Waals surface area (Å²) >= 11 is 0. The van der Waals surface area contributed by atoms with E-state index in [0.717, 1.165) is 17.4 Å². The molecule has 0 saturated carbocycles. The molecule has 1 aromatic carbocycles. The number of anilines is 1. The van der Waals surface area contributed by atoms with Gasteiger partial charge < -0.3 is 5.73 Å². The first-order valence-electron chi connectivity index (χ1n) is 4.20. The second kappa shape index (κ2) is 5.34. The summed E-state index contributed by atoms with van der Waals surface area (Å²) in [5.41, 5.74) is 8.07. The number of rotatable bonds is 3. The van der Waals surface area contributed by atoms with Crippen molar-refractivity contribution in [3.05, 3.63) is 29.3 Å². The summed E-state index contributed by atoms with van der Waals surface area (Å²) in [6.07, 6.45) is 1.12. The highest BCUT2D eigenvalue weighted by molar-refractivity contribution is 7.92. The van der Waals surface area contributed by atoms with E-state index < -0.39 is 10.0 Å². The number of halogens is 1. The maximum atomic E-state index is 10.9. The molecule has 0 amide bonds. The maximum absolute atomic E-state index is 10.9. The Morgan fingerprint density at radius 2 is 2.00 bits per heavy atom. The highest BCUT2D eigenvalue weighted by Gasteiger charge is 2.03. The van der Waals surface area contributed by atoms with Gasteiger partial charge in [-0.2, -0.15) is 0 Å². The average Bonchev–Trinajstić information content (AvgIpc) is 2.01. The normalized spacial score (nSPS) is 10.6. The fraction of sp³-hybridized carbons (Fsp3) is 0.333. The molecule has 1 aromatic rings. The molecule has 0 bridgehead atoms. The molecule has 0 atom stereocenters. The van der Waals surface area contributed by atoms with Crippen molar-refractivity contribution in [3.8, 4) is 0 Å². The van der Waals surface area contributed by atoms with Crippen LogP contribution in [0, 0.1) is 6.92 Å². The lowest BCUT2D eigenvalue weighted by atomic mass is 10.1. The number of hydrogen-bond donors (Lipinski definition) is 2. The van der Waals surface area contributed by atoms with Crippen LogP contribution in [0.15, 0.2) is 18.2 Å². The van der Waals surface area contributed by atoms with Crippen LogP contribution in [0.25, 0.3) is 0 Å². The SMILES string of the molecule is Cc1cc(NS(C)(=O)=O)ccc1CN.Cl. The second-order valence-electron chi connectivity index (χ2n) is 3.22. The summed E-state index contributed by atoms with van der Waals surface area (Å²) in [4.78, 5) is 0. The Kier molecular flexibility index (Phi) is 5.07. The van der Waals surface area contributed by atoms with Crippen LogP contribution >= 0.6 is 12.4 Å². The maximum Gasteiger partial charge on any atom is 0.229 e. The Bertz CT molecular complexity index is 432. The minimum absolute atomic E-state index is 0. The smallest absolute Gasteiger partial charge is 0.229 e. The van der Waals surface area contributed by atoms with E-state index >= 15 is 0 Å². The molecule has 0 aromatic heterocycles. The highest BCUT2D eigenvalue weighted by atomic mass is 35.5. The van der Waals surface area contributed by atoms with Gasteiger partial charge in [0.15, 0.2) is 0 Å². The Morgan fingerprint density at radius 3 is 2.40 bits per heavy atom. The molecule has 0 spiro atoms. The van der Waals surface area contributed by atoms with E-state index in [9.17, 15) is 8.42 Å². The van der Waals surface area contributed by atoms with Crippen molar-refractivity contribution < 1.29 is 8.42 Å².